The molecular weight excluding hydrogens is 276 g/mol. The van der Waals surface area contributed by atoms with Crippen LogP contribution in [0.25, 0.3) is 0 Å². The maximum atomic E-state index is 6.98. The molecule has 1 saturated heterocycles. The molecule has 1 aromatic carbocycles. The van der Waals surface area contributed by atoms with Gasteiger partial charge < -0.3 is 4.18 Å². The van der Waals surface area contributed by atoms with Crippen molar-refractivity contribution in [1.29, 1.82) is 0 Å². The van der Waals surface area contributed by atoms with E-state index in [1.54, 1.807) is 0 Å². The molecule has 3 aliphatic rings. The van der Waals surface area contributed by atoms with Gasteiger partial charge in [0.05, 0.1) is 6.10 Å². The first-order valence-corrected chi connectivity index (χ1v) is 9.79. The smallest absolute Gasteiger partial charge is 0.0822 e. The first-order chi connectivity index (χ1) is 9.00. The van der Waals surface area contributed by atoms with Crippen LogP contribution in [-0.2, 0) is 4.18 Å². The minimum atomic E-state index is -1.58. The van der Waals surface area contributed by atoms with Crippen LogP contribution in [0.5, 0.6) is 0 Å². The number of halogens is 1. The zero-order valence-corrected chi connectivity index (χ0v) is 13.1. The van der Waals surface area contributed by atoms with Gasteiger partial charge in [-0.1, -0.05) is 38.5 Å². The molecule has 3 heteroatoms. The summed E-state index contributed by atoms with van der Waals surface area (Å²) in [4.78, 5) is 1.21. The fraction of sp³-hybridized carbons (Fsp3) is 0.625. The van der Waals surface area contributed by atoms with E-state index in [0.717, 1.165) is 11.7 Å². The van der Waals surface area contributed by atoms with E-state index >= 15 is 0 Å². The summed E-state index contributed by atoms with van der Waals surface area (Å²) in [6.07, 6.45) is 4.40. The number of hydrogen-bond acceptors (Lipinski definition) is 1. The average molecular weight is 297 g/mol. The van der Waals surface area contributed by atoms with Gasteiger partial charge in [-0.15, -0.1) is 0 Å². The number of benzene rings is 1. The Labute approximate surface area is 121 Å². The SMILES string of the molecule is CC1(C)C2CCCC13CS(Cl)(c1ccccc1)OC23. The normalized spacial score (nSPS) is 49.8. The summed E-state index contributed by atoms with van der Waals surface area (Å²) < 4.78 is 6.48. The molecule has 0 radical (unpaired) electrons. The molecule has 1 spiro atoms. The molecule has 2 bridgehead atoms. The number of hydrogen-bond donors (Lipinski definition) is 0. The van der Waals surface area contributed by atoms with E-state index in [2.05, 4.69) is 38.1 Å². The molecule has 1 aliphatic heterocycles. The largest absolute Gasteiger partial charge is 0.314 e. The lowest BCUT2D eigenvalue weighted by Gasteiger charge is -2.66. The molecule has 104 valence electrons. The van der Waals surface area contributed by atoms with Gasteiger partial charge in [0.25, 0.3) is 0 Å². The van der Waals surface area contributed by atoms with Crippen LogP contribution in [0.1, 0.15) is 33.1 Å². The second-order valence-electron chi connectivity index (χ2n) is 6.95. The van der Waals surface area contributed by atoms with E-state index in [1.165, 1.54) is 24.2 Å². The van der Waals surface area contributed by atoms with E-state index in [4.69, 9.17) is 14.9 Å². The van der Waals surface area contributed by atoms with E-state index in [9.17, 15) is 0 Å². The van der Waals surface area contributed by atoms with Crippen molar-refractivity contribution in [2.45, 2.75) is 44.1 Å². The Kier molecular flexibility index (Phi) is 2.46. The molecule has 4 rings (SSSR count). The van der Waals surface area contributed by atoms with Gasteiger partial charge in [0.2, 0.25) is 0 Å². The fourth-order valence-electron chi connectivity index (χ4n) is 4.81. The van der Waals surface area contributed by atoms with Gasteiger partial charge in [-0.2, -0.15) is 0 Å². The average Bonchev–Trinajstić information content (AvgIpc) is 2.72. The highest BCUT2D eigenvalue weighted by Crippen LogP contribution is 2.83. The molecule has 4 atom stereocenters. The Morgan fingerprint density at radius 2 is 2.00 bits per heavy atom. The standard InChI is InChI=1S/C16H21ClOS/c1-15(2)13-9-6-10-16(15)11-19(17,18-14(13)16)12-7-4-3-5-8-12/h3-5,7-8,13-14H,6,9-11H2,1-2H3. The summed E-state index contributed by atoms with van der Waals surface area (Å²) in [5.74, 6) is 1.78. The number of rotatable bonds is 1. The summed E-state index contributed by atoms with van der Waals surface area (Å²) in [5.41, 5.74) is 0.761. The Hall–Kier alpha value is -0.180. The van der Waals surface area contributed by atoms with Crippen LogP contribution in [-0.4, -0.2) is 11.9 Å². The van der Waals surface area contributed by atoms with Crippen LogP contribution in [0, 0.1) is 16.7 Å². The van der Waals surface area contributed by atoms with Gasteiger partial charge in [0.15, 0.2) is 0 Å². The van der Waals surface area contributed by atoms with E-state index in [0.29, 0.717) is 16.9 Å². The van der Waals surface area contributed by atoms with Crippen LogP contribution < -0.4 is 0 Å². The van der Waals surface area contributed by atoms with E-state index in [1.807, 2.05) is 6.07 Å². The number of fused-ring (bicyclic) bond motifs is 2. The molecule has 1 aromatic rings. The van der Waals surface area contributed by atoms with Crippen LogP contribution >= 0.6 is 20.2 Å². The maximum absolute atomic E-state index is 6.98. The van der Waals surface area contributed by atoms with Crippen LogP contribution in [0.3, 0.4) is 0 Å². The molecule has 1 nitrogen and oxygen atoms in total. The summed E-state index contributed by atoms with van der Waals surface area (Å²) in [6, 6.07) is 10.5. The molecule has 19 heavy (non-hydrogen) atoms. The lowest BCUT2D eigenvalue weighted by molar-refractivity contribution is -0.218. The molecule has 3 fully saturated rings. The third-order valence-electron chi connectivity index (χ3n) is 6.05. The van der Waals surface area contributed by atoms with Crippen molar-refractivity contribution in [3.05, 3.63) is 30.3 Å². The van der Waals surface area contributed by atoms with Crippen LogP contribution in [0.15, 0.2) is 35.2 Å². The van der Waals surface area contributed by atoms with Crippen molar-refractivity contribution in [3.63, 3.8) is 0 Å². The molecule has 0 N–H and O–H groups in total. The lowest BCUT2D eigenvalue weighted by atomic mass is 9.39. The van der Waals surface area contributed by atoms with Crippen LogP contribution in [0.2, 0.25) is 0 Å². The van der Waals surface area contributed by atoms with Gasteiger partial charge in [-0.25, -0.2) is 0 Å². The van der Waals surface area contributed by atoms with E-state index in [-0.39, 0.29) is 0 Å². The Morgan fingerprint density at radius 3 is 2.63 bits per heavy atom. The zero-order chi connectivity index (χ0) is 13.3. The second kappa shape index (κ2) is 3.72. The van der Waals surface area contributed by atoms with Crippen molar-refractivity contribution in [1.82, 2.24) is 0 Å². The van der Waals surface area contributed by atoms with Crippen molar-refractivity contribution < 1.29 is 4.18 Å². The topological polar surface area (TPSA) is 9.23 Å². The fourth-order valence-corrected chi connectivity index (χ4v) is 8.84. The first-order valence-electron chi connectivity index (χ1n) is 7.24. The monoisotopic (exact) mass is 296 g/mol. The molecule has 0 amide bonds. The lowest BCUT2D eigenvalue weighted by Crippen LogP contribution is -2.67. The maximum Gasteiger partial charge on any atom is 0.0822 e. The zero-order valence-electron chi connectivity index (χ0n) is 11.6. The van der Waals surface area contributed by atoms with Gasteiger partial charge in [0.1, 0.15) is 0 Å². The highest BCUT2D eigenvalue weighted by Gasteiger charge is 2.74. The van der Waals surface area contributed by atoms with Crippen molar-refractivity contribution >= 4 is 20.2 Å². The third-order valence-corrected chi connectivity index (χ3v) is 9.51. The van der Waals surface area contributed by atoms with Crippen molar-refractivity contribution in [2.75, 3.05) is 5.75 Å². The minimum absolute atomic E-state index is 0.350. The van der Waals surface area contributed by atoms with E-state index < -0.39 is 9.52 Å². The summed E-state index contributed by atoms with van der Waals surface area (Å²) >= 11 is 0. The highest BCUT2D eigenvalue weighted by molar-refractivity contribution is 8.48. The third kappa shape index (κ3) is 1.38. The summed E-state index contributed by atoms with van der Waals surface area (Å²) in [6.45, 7) is 4.87. The summed E-state index contributed by atoms with van der Waals surface area (Å²) in [5, 5.41) is 0. The minimum Gasteiger partial charge on any atom is -0.314 e. The molecule has 2 saturated carbocycles. The van der Waals surface area contributed by atoms with Gasteiger partial charge >= 0.3 is 0 Å². The molecular formula is C16H21ClOS. The Bertz CT molecular complexity index is 517. The van der Waals surface area contributed by atoms with Gasteiger partial charge in [-0.05, 0) is 56.5 Å². The Morgan fingerprint density at radius 1 is 1.26 bits per heavy atom. The predicted octanol–water partition coefficient (Wildman–Crippen LogP) is 5.14. The highest BCUT2D eigenvalue weighted by atomic mass is 35.7. The molecule has 0 aromatic heterocycles. The van der Waals surface area contributed by atoms with Crippen molar-refractivity contribution in [2.24, 2.45) is 16.7 Å². The molecule has 2 aliphatic carbocycles. The molecule has 4 unspecified atom stereocenters. The van der Waals surface area contributed by atoms with Gasteiger partial charge in [0, 0.05) is 16.1 Å². The second-order valence-corrected chi connectivity index (χ2v) is 10.6. The van der Waals surface area contributed by atoms with Crippen LogP contribution in [0.4, 0.5) is 0 Å². The Balaban J connectivity index is 1.74. The van der Waals surface area contributed by atoms with Gasteiger partial charge in [-0.3, -0.25) is 0 Å². The first kappa shape index (κ1) is 12.6. The quantitative estimate of drug-likeness (QED) is 0.697. The van der Waals surface area contributed by atoms with Crippen molar-refractivity contribution in [3.8, 4) is 0 Å². The molecule has 1 heterocycles. The summed E-state index contributed by atoms with van der Waals surface area (Å²) in [7, 11) is 5.39. The predicted molar refractivity (Wildman–Crippen MR) is 81.4 cm³/mol.